The summed E-state index contributed by atoms with van der Waals surface area (Å²) in [5, 5.41) is 0. The molecule has 1 aliphatic rings. The van der Waals surface area contributed by atoms with Crippen LogP contribution in [0, 0.1) is 11.8 Å². The van der Waals surface area contributed by atoms with Crippen LogP contribution in [0.5, 0.6) is 0 Å². The molecule has 112 valence electrons. The van der Waals surface area contributed by atoms with E-state index in [1.807, 2.05) is 6.07 Å². The van der Waals surface area contributed by atoms with E-state index in [0.29, 0.717) is 0 Å². The van der Waals surface area contributed by atoms with Crippen LogP contribution in [0.4, 0.5) is 0 Å². The van der Waals surface area contributed by atoms with E-state index in [9.17, 15) is 0 Å². The molecule has 0 spiro atoms. The maximum Gasteiger partial charge on any atom is 0.0646 e. The van der Waals surface area contributed by atoms with Crippen LogP contribution in [-0.4, -0.2) is 6.61 Å². The number of hydrogen-bond acceptors (Lipinski definition) is 2. The summed E-state index contributed by atoms with van der Waals surface area (Å²) in [6.45, 7) is 3.21. The van der Waals surface area contributed by atoms with Crippen molar-refractivity contribution < 1.29 is 4.18 Å². The van der Waals surface area contributed by atoms with Crippen molar-refractivity contribution in [3.8, 4) is 0 Å². The summed E-state index contributed by atoms with van der Waals surface area (Å²) in [4.78, 5) is 1.21. The normalized spacial score (nSPS) is 22.9. The molecular formula is C18H28OS. The van der Waals surface area contributed by atoms with Gasteiger partial charge in [-0.25, -0.2) is 0 Å². The van der Waals surface area contributed by atoms with Crippen molar-refractivity contribution in [2.45, 2.75) is 63.2 Å². The Morgan fingerprint density at radius 1 is 1.00 bits per heavy atom. The Morgan fingerprint density at radius 3 is 2.40 bits per heavy atom. The van der Waals surface area contributed by atoms with Crippen LogP contribution in [0.3, 0.4) is 0 Å². The Bertz CT molecular complexity index is 344. The fraction of sp³-hybridized carbons (Fsp3) is 0.667. The lowest BCUT2D eigenvalue weighted by atomic mass is 9.80. The fourth-order valence-corrected chi connectivity index (χ4v) is 3.71. The molecule has 0 heterocycles. The molecule has 0 aliphatic heterocycles. The van der Waals surface area contributed by atoms with E-state index in [1.165, 1.54) is 68.3 Å². The molecule has 1 saturated carbocycles. The van der Waals surface area contributed by atoms with Gasteiger partial charge in [-0.1, -0.05) is 63.6 Å². The summed E-state index contributed by atoms with van der Waals surface area (Å²) in [6.07, 6.45) is 11.2. The second-order valence-corrected chi connectivity index (χ2v) is 6.94. The van der Waals surface area contributed by atoms with Crippen molar-refractivity contribution in [1.29, 1.82) is 0 Å². The Balaban J connectivity index is 1.55. The Morgan fingerprint density at radius 2 is 1.70 bits per heavy atom. The molecule has 0 radical (unpaired) electrons. The second-order valence-electron chi connectivity index (χ2n) is 6.06. The zero-order valence-corrected chi connectivity index (χ0v) is 13.5. The van der Waals surface area contributed by atoms with Gasteiger partial charge in [0.25, 0.3) is 0 Å². The van der Waals surface area contributed by atoms with E-state index >= 15 is 0 Å². The quantitative estimate of drug-likeness (QED) is 0.423. The maximum absolute atomic E-state index is 5.81. The molecule has 1 aromatic rings. The third-order valence-corrected chi connectivity index (χ3v) is 5.10. The van der Waals surface area contributed by atoms with Gasteiger partial charge in [-0.3, -0.25) is 0 Å². The molecule has 0 aromatic heterocycles. The molecule has 1 nitrogen and oxygen atoms in total. The largest absolute Gasteiger partial charge is 0.310 e. The highest BCUT2D eigenvalue weighted by molar-refractivity contribution is 7.94. The zero-order valence-electron chi connectivity index (χ0n) is 12.7. The van der Waals surface area contributed by atoms with E-state index in [0.717, 1.165) is 18.4 Å². The summed E-state index contributed by atoms with van der Waals surface area (Å²) in [5.74, 6) is 1.79. The van der Waals surface area contributed by atoms with Crippen LogP contribution >= 0.6 is 12.0 Å². The molecule has 0 bridgehead atoms. The van der Waals surface area contributed by atoms with Crippen LogP contribution in [-0.2, 0) is 4.18 Å². The summed E-state index contributed by atoms with van der Waals surface area (Å²) >= 11 is 1.53. The molecule has 0 unspecified atom stereocenters. The van der Waals surface area contributed by atoms with Gasteiger partial charge in [-0.05, 0) is 36.8 Å². The van der Waals surface area contributed by atoms with E-state index in [4.69, 9.17) is 4.18 Å². The number of rotatable bonds is 8. The number of benzene rings is 1. The molecular weight excluding hydrogens is 264 g/mol. The molecule has 1 aromatic carbocycles. The molecule has 20 heavy (non-hydrogen) atoms. The van der Waals surface area contributed by atoms with Crippen LogP contribution in [0.15, 0.2) is 35.2 Å². The molecule has 0 atom stereocenters. The topological polar surface area (TPSA) is 9.23 Å². The third kappa shape index (κ3) is 5.88. The average Bonchev–Trinajstić information content (AvgIpc) is 2.50. The predicted octanol–water partition coefficient (Wildman–Crippen LogP) is 6.10. The van der Waals surface area contributed by atoms with Gasteiger partial charge in [0.05, 0.1) is 6.61 Å². The van der Waals surface area contributed by atoms with Crippen molar-refractivity contribution in [3.05, 3.63) is 30.3 Å². The molecule has 1 aliphatic carbocycles. The Kier molecular flexibility index (Phi) is 7.53. The van der Waals surface area contributed by atoms with Crippen LogP contribution in [0.1, 0.15) is 58.3 Å². The zero-order chi connectivity index (χ0) is 14.0. The third-order valence-electron chi connectivity index (χ3n) is 4.38. The molecule has 0 saturated heterocycles. The van der Waals surface area contributed by atoms with Crippen molar-refractivity contribution in [1.82, 2.24) is 0 Å². The van der Waals surface area contributed by atoms with Gasteiger partial charge in [0.2, 0.25) is 0 Å². The SMILES string of the molecule is CCCCCC1CCC(COSc2ccccc2)CC1. The minimum Gasteiger partial charge on any atom is -0.310 e. The van der Waals surface area contributed by atoms with Crippen LogP contribution in [0.25, 0.3) is 0 Å². The highest BCUT2D eigenvalue weighted by atomic mass is 32.2. The van der Waals surface area contributed by atoms with Gasteiger partial charge in [0.15, 0.2) is 0 Å². The molecule has 2 rings (SSSR count). The van der Waals surface area contributed by atoms with Gasteiger partial charge in [-0.2, -0.15) is 0 Å². The lowest BCUT2D eigenvalue weighted by Crippen LogP contribution is -2.17. The number of hydrogen-bond donors (Lipinski definition) is 0. The molecule has 1 fully saturated rings. The van der Waals surface area contributed by atoms with E-state index in [2.05, 4.69) is 31.2 Å². The minimum absolute atomic E-state index is 0.786. The highest BCUT2D eigenvalue weighted by Crippen LogP contribution is 2.33. The summed E-state index contributed by atoms with van der Waals surface area (Å²) in [7, 11) is 0. The lowest BCUT2D eigenvalue weighted by molar-refractivity contribution is 0.194. The van der Waals surface area contributed by atoms with Gasteiger partial charge in [0.1, 0.15) is 0 Å². The van der Waals surface area contributed by atoms with Crippen molar-refractivity contribution >= 4 is 12.0 Å². The molecule has 0 N–H and O–H groups in total. The van der Waals surface area contributed by atoms with Crippen LogP contribution < -0.4 is 0 Å². The maximum atomic E-state index is 5.81. The van der Waals surface area contributed by atoms with Gasteiger partial charge < -0.3 is 4.18 Å². The standard InChI is InChI=1S/C18H28OS/c1-2-3-5-8-16-11-13-17(14-12-16)15-19-20-18-9-6-4-7-10-18/h4,6-7,9-10,16-17H,2-3,5,8,11-15H2,1H3. The predicted molar refractivity (Wildman–Crippen MR) is 87.8 cm³/mol. The molecule has 0 amide bonds. The lowest BCUT2D eigenvalue weighted by Gasteiger charge is -2.28. The van der Waals surface area contributed by atoms with Crippen LogP contribution in [0.2, 0.25) is 0 Å². The first kappa shape index (κ1) is 15.9. The monoisotopic (exact) mass is 292 g/mol. The van der Waals surface area contributed by atoms with E-state index in [1.54, 1.807) is 0 Å². The highest BCUT2D eigenvalue weighted by Gasteiger charge is 2.21. The Labute approximate surface area is 128 Å². The van der Waals surface area contributed by atoms with E-state index in [-0.39, 0.29) is 0 Å². The first-order chi connectivity index (χ1) is 9.88. The van der Waals surface area contributed by atoms with Gasteiger partial charge in [-0.15, -0.1) is 0 Å². The van der Waals surface area contributed by atoms with Crippen molar-refractivity contribution in [2.75, 3.05) is 6.61 Å². The average molecular weight is 292 g/mol. The first-order valence-corrected chi connectivity index (χ1v) is 8.97. The van der Waals surface area contributed by atoms with Crippen molar-refractivity contribution in [2.24, 2.45) is 11.8 Å². The fourth-order valence-electron chi connectivity index (χ4n) is 3.04. The van der Waals surface area contributed by atoms with Gasteiger partial charge >= 0.3 is 0 Å². The van der Waals surface area contributed by atoms with E-state index < -0.39 is 0 Å². The number of unbranched alkanes of at least 4 members (excludes halogenated alkanes) is 2. The van der Waals surface area contributed by atoms with Crippen molar-refractivity contribution in [3.63, 3.8) is 0 Å². The summed E-state index contributed by atoms with van der Waals surface area (Å²) in [5.41, 5.74) is 0. The Hall–Kier alpha value is -0.470. The molecule has 2 heteroatoms. The second kappa shape index (κ2) is 9.46. The smallest absolute Gasteiger partial charge is 0.0646 e. The van der Waals surface area contributed by atoms with Gasteiger partial charge in [0, 0.05) is 16.9 Å². The summed E-state index contributed by atoms with van der Waals surface area (Å²) in [6, 6.07) is 10.4. The summed E-state index contributed by atoms with van der Waals surface area (Å²) < 4.78 is 5.81. The first-order valence-electron chi connectivity index (χ1n) is 8.23. The minimum atomic E-state index is 0.786.